The number of aromatic nitrogens is 1. The summed E-state index contributed by atoms with van der Waals surface area (Å²) in [5, 5.41) is 12.1. The van der Waals surface area contributed by atoms with E-state index in [0.717, 1.165) is 21.6 Å². The van der Waals surface area contributed by atoms with Crippen molar-refractivity contribution in [2.75, 3.05) is 0 Å². The van der Waals surface area contributed by atoms with E-state index in [0.29, 0.717) is 5.56 Å². The fourth-order valence-corrected chi connectivity index (χ4v) is 4.08. The number of thiazole rings is 1. The lowest BCUT2D eigenvalue weighted by molar-refractivity contribution is 0.0697. The van der Waals surface area contributed by atoms with Gasteiger partial charge in [0.2, 0.25) is 0 Å². The Hall–Kier alpha value is -1.72. The van der Waals surface area contributed by atoms with Gasteiger partial charge in [-0.2, -0.15) is 0 Å². The number of carboxylic acid groups (broad SMARTS) is 1. The molecule has 0 amide bonds. The van der Waals surface area contributed by atoms with Gasteiger partial charge in [0, 0.05) is 0 Å². The molecule has 0 radical (unpaired) electrons. The number of carboxylic acids is 1. The third-order valence-electron chi connectivity index (χ3n) is 2.96. The molecule has 0 unspecified atom stereocenters. The molecule has 0 atom stereocenters. The average Bonchev–Trinajstić information content (AvgIpc) is 3.03. The van der Waals surface area contributed by atoms with Crippen LogP contribution >= 0.6 is 22.7 Å². The highest BCUT2D eigenvalue weighted by molar-refractivity contribution is 7.25. The molecule has 0 bridgehead atoms. The number of aromatic carboxylic acids is 1. The normalized spacial score (nSPS) is 11.0. The molecule has 0 aliphatic heterocycles. The molecule has 3 rings (SSSR count). The van der Waals surface area contributed by atoms with E-state index in [1.165, 1.54) is 10.4 Å². The Morgan fingerprint density at radius 3 is 2.95 bits per heavy atom. The van der Waals surface area contributed by atoms with Crippen molar-refractivity contribution in [1.82, 2.24) is 4.98 Å². The van der Waals surface area contributed by atoms with E-state index in [9.17, 15) is 4.79 Å². The summed E-state index contributed by atoms with van der Waals surface area (Å²) in [4.78, 5) is 16.8. The van der Waals surface area contributed by atoms with E-state index in [4.69, 9.17) is 5.11 Å². The van der Waals surface area contributed by atoms with E-state index in [1.54, 1.807) is 40.9 Å². The molecule has 3 nitrogen and oxygen atoms in total. The Balaban J connectivity index is 2.14. The highest BCUT2D eigenvalue weighted by Crippen LogP contribution is 2.36. The van der Waals surface area contributed by atoms with Gasteiger partial charge < -0.3 is 5.11 Å². The van der Waals surface area contributed by atoms with Crippen molar-refractivity contribution in [3.63, 3.8) is 0 Å². The highest BCUT2D eigenvalue weighted by atomic mass is 32.1. The van der Waals surface area contributed by atoms with Crippen molar-refractivity contribution in [3.05, 3.63) is 40.8 Å². The first-order valence-corrected chi connectivity index (χ1v) is 7.59. The molecular weight excluding hydrogens is 278 g/mol. The fraction of sp³-hybridized carbons (Fsp3) is 0.143. The number of aryl methyl sites for hydroxylation is 1. The number of benzene rings is 1. The smallest absolute Gasteiger partial charge is 0.335 e. The van der Waals surface area contributed by atoms with Crippen molar-refractivity contribution >= 4 is 38.9 Å². The summed E-state index contributed by atoms with van der Waals surface area (Å²) in [6, 6.07) is 7.19. The number of rotatable bonds is 3. The van der Waals surface area contributed by atoms with Gasteiger partial charge in [0.1, 0.15) is 5.01 Å². The second-order valence-corrected chi connectivity index (χ2v) is 6.08. The minimum Gasteiger partial charge on any atom is -0.478 e. The Morgan fingerprint density at radius 1 is 1.37 bits per heavy atom. The van der Waals surface area contributed by atoms with Gasteiger partial charge in [0.25, 0.3) is 0 Å². The molecule has 19 heavy (non-hydrogen) atoms. The quantitative estimate of drug-likeness (QED) is 0.782. The fourth-order valence-electron chi connectivity index (χ4n) is 1.96. The lowest BCUT2D eigenvalue weighted by Gasteiger charge is -1.94. The van der Waals surface area contributed by atoms with E-state index in [-0.39, 0.29) is 0 Å². The molecule has 5 heteroatoms. The number of carbonyl (C=O) groups is 1. The summed E-state index contributed by atoms with van der Waals surface area (Å²) in [6.45, 7) is 2.13. The summed E-state index contributed by atoms with van der Waals surface area (Å²) in [5.41, 5.74) is 2.47. The van der Waals surface area contributed by atoms with E-state index >= 15 is 0 Å². The summed E-state index contributed by atoms with van der Waals surface area (Å²) < 4.78 is 0.922. The molecule has 0 saturated heterocycles. The van der Waals surface area contributed by atoms with Crippen LogP contribution < -0.4 is 0 Å². The summed E-state index contributed by atoms with van der Waals surface area (Å²) in [6.07, 6.45) is 0.981. The molecule has 2 aromatic heterocycles. The minimum absolute atomic E-state index is 0.310. The van der Waals surface area contributed by atoms with Gasteiger partial charge in [0.15, 0.2) is 0 Å². The summed E-state index contributed by atoms with van der Waals surface area (Å²) in [7, 11) is 0. The number of thiophene rings is 1. The van der Waals surface area contributed by atoms with Crippen LogP contribution in [0.15, 0.2) is 29.6 Å². The first-order chi connectivity index (χ1) is 9.19. The molecule has 0 fully saturated rings. The maximum atomic E-state index is 11.0. The Labute approximate surface area is 118 Å². The number of hydrogen-bond donors (Lipinski definition) is 1. The lowest BCUT2D eigenvalue weighted by atomic mass is 10.2. The van der Waals surface area contributed by atoms with Crippen molar-refractivity contribution in [1.29, 1.82) is 0 Å². The predicted molar refractivity (Wildman–Crippen MR) is 79.3 cm³/mol. The number of nitrogens with zero attached hydrogens (tertiary/aromatic N) is 1. The van der Waals surface area contributed by atoms with E-state index in [1.807, 2.05) is 0 Å². The van der Waals surface area contributed by atoms with Crippen LogP contribution in [0.1, 0.15) is 22.8 Å². The van der Waals surface area contributed by atoms with Crippen LogP contribution in [-0.2, 0) is 6.42 Å². The molecule has 1 aromatic carbocycles. The maximum absolute atomic E-state index is 11.0. The van der Waals surface area contributed by atoms with E-state index < -0.39 is 5.97 Å². The van der Waals surface area contributed by atoms with Gasteiger partial charge >= 0.3 is 5.97 Å². The molecular formula is C14H11NO2S2. The minimum atomic E-state index is -0.901. The van der Waals surface area contributed by atoms with Crippen LogP contribution in [0, 0.1) is 0 Å². The predicted octanol–water partition coefficient (Wildman–Crippen LogP) is 4.29. The van der Waals surface area contributed by atoms with E-state index in [2.05, 4.69) is 23.4 Å². The van der Waals surface area contributed by atoms with Crippen molar-refractivity contribution in [3.8, 4) is 9.88 Å². The van der Waals surface area contributed by atoms with Gasteiger partial charge in [-0.05, 0) is 41.6 Å². The van der Waals surface area contributed by atoms with Crippen molar-refractivity contribution < 1.29 is 9.90 Å². The molecule has 2 heterocycles. The topological polar surface area (TPSA) is 50.2 Å². The van der Waals surface area contributed by atoms with Gasteiger partial charge in [-0.15, -0.1) is 22.7 Å². The SMILES string of the molecule is CCc1ccsc1-c1nc2ccc(C(=O)O)cc2s1. The molecule has 1 N–H and O–H groups in total. The highest BCUT2D eigenvalue weighted by Gasteiger charge is 2.12. The molecule has 0 spiro atoms. The van der Waals surface area contributed by atoms with Crippen LogP contribution in [-0.4, -0.2) is 16.1 Å². The lowest BCUT2D eigenvalue weighted by Crippen LogP contribution is -1.94. The summed E-state index contributed by atoms with van der Waals surface area (Å²) in [5.74, 6) is -0.901. The van der Waals surface area contributed by atoms with Crippen LogP contribution in [0.25, 0.3) is 20.1 Å². The van der Waals surface area contributed by atoms with Gasteiger partial charge in [0.05, 0.1) is 20.7 Å². The largest absolute Gasteiger partial charge is 0.478 e. The second-order valence-electron chi connectivity index (χ2n) is 4.14. The third-order valence-corrected chi connectivity index (χ3v) is 5.09. The molecule has 0 saturated carbocycles. The first-order valence-electron chi connectivity index (χ1n) is 5.89. The second kappa shape index (κ2) is 4.75. The monoisotopic (exact) mass is 289 g/mol. The Bertz CT molecular complexity index is 758. The van der Waals surface area contributed by atoms with Crippen LogP contribution in [0.2, 0.25) is 0 Å². The van der Waals surface area contributed by atoms with Crippen LogP contribution in [0.4, 0.5) is 0 Å². The van der Waals surface area contributed by atoms with Crippen LogP contribution in [0.3, 0.4) is 0 Å². The summed E-state index contributed by atoms with van der Waals surface area (Å²) >= 11 is 3.24. The number of fused-ring (bicyclic) bond motifs is 1. The standard InChI is InChI=1S/C14H11NO2S2/c1-2-8-5-6-18-12(8)13-15-10-4-3-9(14(16)17)7-11(10)19-13/h3-7H,2H2,1H3,(H,16,17). The number of hydrogen-bond acceptors (Lipinski definition) is 4. The van der Waals surface area contributed by atoms with Gasteiger partial charge in [-0.3, -0.25) is 0 Å². The Morgan fingerprint density at radius 2 is 2.21 bits per heavy atom. The van der Waals surface area contributed by atoms with Crippen LogP contribution in [0.5, 0.6) is 0 Å². The maximum Gasteiger partial charge on any atom is 0.335 e. The molecule has 0 aliphatic carbocycles. The third kappa shape index (κ3) is 2.15. The molecule has 0 aliphatic rings. The molecule has 96 valence electrons. The zero-order valence-corrected chi connectivity index (χ0v) is 11.8. The van der Waals surface area contributed by atoms with Crippen molar-refractivity contribution in [2.45, 2.75) is 13.3 Å². The van der Waals surface area contributed by atoms with Crippen molar-refractivity contribution in [2.24, 2.45) is 0 Å². The Kier molecular flexibility index (Phi) is 3.08. The molecule has 3 aromatic rings. The average molecular weight is 289 g/mol. The zero-order valence-electron chi connectivity index (χ0n) is 10.2. The van der Waals surface area contributed by atoms with Gasteiger partial charge in [-0.1, -0.05) is 6.92 Å². The zero-order chi connectivity index (χ0) is 13.4. The first kappa shape index (κ1) is 12.3. The van der Waals surface area contributed by atoms with Gasteiger partial charge in [-0.25, -0.2) is 9.78 Å².